The molecule has 0 aliphatic rings. The van der Waals surface area contributed by atoms with E-state index in [0.717, 1.165) is 0 Å². The van der Waals surface area contributed by atoms with Gasteiger partial charge < -0.3 is 30.4 Å². The standard InChI is InChI=1S/C46H42N4O10/c47-41(45(35-17-5-1-6-18-35,36-19-7-2-8-20-36)59-29-33-15-13-25-39(27-33)49(53)54)31-57-43(51)44(52)58-32-42(48)46(37-21-9-3-10-22-37,38-23-11-4-12-24-38)60-30-34-16-14-26-40(28-34)50(55)56/h1-28,41-42H,29-32,47-48H2. The highest BCUT2D eigenvalue weighted by Crippen LogP contribution is 2.39. The van der Waals surface area contributed by atoms with E-state index in [1.165, 1.54) is 24.3 Å². The van der Waals surface area contributed by atoms with Gasteiger partial charge in [0.05, 0.1) is 35.1 Å². The van der Waals surface area contributed by atoms with Crippen molar-refractivity contribution in [2.24, 2.45) is 11.5 Å². The smallest absolute Gasteiger partial charge is 0.417 e. The third-order valence-electron chi connectivity index (χ3n) is 9.99. The summed E-state index contributed by atoms with van der Waals surface area (Å²) < 4.78 is 24.3. The number of ether oxygens (including phenoxy) is 4. The Morgan fingerprint density at radius 3 is 1.07 bits per heavy atom. The van der Waals surface area contributed by atoms with E-state index in [0.29, 0.717) is 33.4 Å². The topological polar surface area (TPSA) is 209 Å². The van der Waals surface area contributed by atoms with Crippen molar-refractivity contribution in [3.05, 3.63) is 223 Å². The highest BCUT2D eigenvalue weighted by Gasteiger charge is 2.44. The first-order chi connectivity index (χ1) is 29.0. The van der Waals surface area contributed by atoms with Crippen LogP contribution in [0.3, 0.4) is 0 Å². The summed E-state index contributed by atoms with van der Waals surface area (Å²) in [5.41, 5.74) is 14.0. The van der Waals surface area contributed by atoms with E-state index in [1.54, 1.807) is 121 Å². The zero-order chi connectivity index (χ0) is 42.5. The molecule has 2 unspecified atom stereocenters. The van der Waals surface area contributed by atoms with Crippen LogP contribution in [0.1, 0.15) is 33.4 Å². The molecule has 0 saturated carbocycles. The van der Waals surface area contributed by atoms with Crippen molar-refractivity contribution in [1.82, 2.24) is 0 Å². The fourth-order valence-electron chi connectivity index (χ4n) is 7.08. The number of nitro benzene ring substituents is 2. The lowest BCUT2D eigenvalue weighted by Crippen LogP contribution is -2.52. The molecule has 0 heterocycles. The molecule has 0 spiro atoms. The molecule has 306 valence electrons. The lowest BCUT2D eigenvalue weighted by molar-refractivity contribution is -0.385. The van der Waals surface area contributed by atoms with Gasteiger partial charge in [0.1, 0.15) is 24.4 Å². The van der Waals surface area contributed by atoms with E-state index in [-0.39, 0.29) is 24.6 Å². The largest absolute Gasteiger partial charge is 0.455 e. The Labute approximate surface area is 345 Å². The van der Waals surface area contributed by atoms with Crippen LogP contribution < -0.4 is 11.5 Å². The zero-order valence-corrected chi connectivity index (χ0v) is 32.3. The van der Waals surface area contributed by atoms with Gasteiger partial charge in [-0.25, -0.2) is 9.59 Å². The van der Waals surface area contributed by atoms with Crippen molar-refractivity contribution in [1.29, 1.82) is 0 Å². The molecule has 60 heavy (non-hydrogen) atoms. The molecule has 6 aromatic carbocycles. The van der Waals surface area contributed by atoms with Gasteiger partial charge >= 0.3 is 11.9 Å². The number of nitrogens with zero attached hydrogens (tertiary/aromatic N) is 2. The molecular weight excluding hydrogens is 769 g/mol. The van der Waals surface area contributed by atoms with Crippen LogP contribution in [0.5, 0.6) is 0 Å². The van der Waals surface area contributed by atoms with E-state index in [4.69, 9.17) is 30.4 Å². The van der Waals surface area contributed by atoms with Gasteiger partial charge in [-0.3, -0.25) is 20.2 Å². The van der Waals surface area contributed by atoms with Crippen LogP contribution in [-0.4, -0.2) is 47.1 Å². The fraction of sp³-hybridized carbons (Fsp3) is 0.174. The number of non-ortho nitro benzene ring substituents is 2. The SMILES string of the molecule is NC(COC(=O)C(=O)OCC(N)C(OCc1cccc([N+](=O)[O-])c1)(c1ccccc1)c1ccccc1)C(OCc1cccc([N+](=O)[O-])c1)(c1ccccc1)c1ccccc1. The van der Waals surface area contributed by atoms with Crippen LogP contribution >= 0.6 is 0 Å². The van der Waals surface area contributed by atoms with Gasteiger partial charge in [0.2, 0.25) is 0 Å². The molecule has 0 aromatic heterocycles. The molecule has 14 nitrogen and oxygen atoms in total. The average Bonchev–Trinajstić information content (AvgIpc) is 3.29. The summed E-state index contributed by atoms with van der Waals surface area (Å²) in [5.74, 6) is -2.68. The minimum Gasteiger partial charge on any atom is -0.455 e. The third-order valence-corrected chi connectivity index (χ3v) is 9.99. The summed E-state index contributed by atoms with van der Waals surface area (Å²) in [6.07, 6.45) is 0. The molecule has 0 bridgehead atoms. The van der Waals surface area contributed by atoms with Gasteiger partial charge in [0, 0.05) is 24.3 Å². The fourth-order valence-corrected chi connectivity index (χ4v) is 7.08. The first kappa shape index (κ1) is 42.5. The Morgan fingerprint density at radius 1 is 0.483 bits per heavy atom. The van der Waals surface area contributed by atoms with Crippen molar-refractivity contribution < 1.29 is 38.4 Å². The average molecular weight is 811 g/mol. The second-order valence-corrected chi connectivity index (χ2v) is 13.8. The summed E-state index contributed by atoms with van der Waals surface area (Å²) in [7, 11) is 0. The minimum absolute atomic E-state index is 0.110. The van der Waals surface area contributed by atoms with Crippen LogP contribution in [0.15, 0.2) is 170 Å². The maximum absolute atomic E-state index is 13.3. The van der Waals surface area contributed by atoms with Gasteiger partial charge in [-0.1, -0.05) is 146 Å². The molecule has 0 radical (unpaired) electrons. The first-order valence-corrected chi connectivity index (χ1v) is 18.9. The van der Waals surface area contributed by atoms with Gasteiger partial charge in [-0.2, -0.15) is 0 Å². The molecule has 6 aromatic rings. The molecule has 0 aliphatic carbocycles. The lowest BCUT2D eigenvalue weighted by Gasteiger charge is -2.40. The second kappa shape index (κ2) is 19.6. The molecule has 2 atom stereocenters. The number of esters is 2. The number of hydrogen-bond donors (Lipinski definition) is 2. The molecule has 4 N–H and O–H groups in total. The Kier molecular flexibility index (Phi) is 13.9. The molecule has 0 amide bonds. The minimum atomic E-state index is -1.47. The van der Waals surface area contributed by atoms with Crippen LogP contribution in [-0.2, 0) is 53.0 Å². The van der Waals surface area contributed by atoms with Crippen molar-refractivity contribution in [2.45, 2.75) is 36.5 Å². The van der Waals surface area contributed by atoms with Crippen LogP contribution in [0.2, 0.25) is 0 Å². The van der Waals surface area contributed by atoms with Gasteiger partial charge in [0.15, 0.2) is 0 Å². The van der Waals surface area contributed by atoms with Crippen LogP contribution in [0, 0.1) is 20.2 Å². The molecule has 14 heteroatoms. The molecule has 0 fully saturated rings. The van der Waals surface area contributed by atoms with E-state index in [2.05, 4.69) is 0 Å². The number of carbonyl (C=O) groups excluding carboxylic acids is 2. The maximum atomic E-state index is 13.3. The number of hydrogen-bond acceptors (Lipinski definition) is 12. The van der Waals surface area contributed by atoms with E-state index in [9.17, 15) is 29.8 Å². The van der Waals surface area contributed by atoms with Gasteiger partial charge in [0.25, 0.3) is 11.4 Å². The predicted molar refractivity (Wildman–Crippen MR) is 221 cm³/mol. The van der Waals surface area contributed by atoms with Crippen molar-refractivity contribution in [2.75, 3.05) is 13.2 Å². The van der Waals surface area contributed by atoms with E-state index in [1.807, 2.05) is 24.3 Å². The summed E-state index contributed by atoms with van der Waals surface area (Å²) in [6, 6.07) is 45.8. The van der Waals surface area contributed by atoms with Gasteiger partial charge in [-0.15, -0.1) is 0 Å². The van der Waals surface area contributed by atoms with Crippen molar-refractivity contribution >= 4 is 23.3 Å². The number of carbonyl (C=O) groups is 2. The summed E-state index contributed by atoms with van der Waals surface area (Å²) >= 11 is 0. The Balaban J connectivity index is 1.23. The predicted octanol–water partition coefficient (Wildman–Crippen LogP) is 6.87. The van der Waals surface area contributed by atoms with E-state index >= 15 is 0 Å². The molecule has 6 rings (SSSR count). The van der Waals surface area contributed by atoms with Crippen molar-refractivity contribution in [3.63, 3.8) is 0 Å². The third kappa shape index (κ3) is 9.60. The highest BCUT2D eigenvalue weighted by atomic mass is 16.6. The molecular formula is C46H42N4O10. The number of benzene rings is 6. The second-order valence-electron chi connectivity index (χ2n) is 13.8. The highest BCUT2D eigenvalue weighted by molar-refractivity contribution is 6.29. The Morgan fingerprint density at radius 2 is 0.783 bits per heavy atom. The number of rotatable bonds is 18. The zero-order valence-electron chi connectivity index (χ0n) is 32.3. The quantitative estimate of drug-likeness (QED) is 0.0395. The lowest BCUT2D eigenvalue weighted by atomic mass is 9.80. The normalized spacial score (nSPS) is 12.5. The monoisotopic (exact) mass is 810 g/mol. The van der Waals surface area contributed by atoms with Gasteiger partial charge in [-0.05, 0) is 33.4 Å². The first-order valence-electron chi connectivity index (χ1n) is 18.9. The van der Waals surface area contributed by atoms with Crippen LogP contribution in [0.4, 0.5) is 11.4 Å². The van der Waals surface area contributed by atoms with E-state index < -0.39 is 58.3 Å². The Hall–Kier alpha value is -7.10. The molecule has 0 aliphatic heterocycles. The van der Waals surface area contributed by atoms with Crippen LogP contribution in [0.25, 0.3) is 0 Å². The maximum Gasteiger partial charge on any atom is 0.417 e. The Bertz CT molecular complexity index is 2140. The summed E-state index contributed by atoms with van der Waals surface area (Å²) in [6.45, 7) is -1.24. The summed E-state index contributed by atoms with van der Waals surface area (Å²) in [5, 5.41) is 23.0. The molecule has 0 saturated heterocycles. The number of nitrogens with two attached hydrogens (primary N) is 2. The number of nitro groups is 2. The van der Waals surface area contributed by atoms with Crippen molar-refractivity contribution in [3.8, 4) is 0 Å². The summed E-state index contributed by atoms with van der Waals surface area (Å²) in [4.78, 5) is 48.7.